The molecule has 0 aliphatic rings. The second-order valence-corrected chi connectivity index (χ2v) is 5.33. The third-order valence-electron chi connectivity index (χ3n) is 2.73. The fourth-order valence-electron chi connectivity index (χ4n) is 1.70. The third-order valence-corrected chi connectivity index (χ3v) is 3.85. The van der Waals surface area contributed by atoms with Crippen LogP contribution >= 0.6 is 11.3 Å². The van der Waals surface area contributed by atoms with Gasteiger partial charge in [-0.05, 0) is 32.4 Å². The number of anilines is 1. The fourth-order valence-corrected chi connectivity index (χ4v) is 2.67. The Labute approximate surface area is 122 Å². The molecule has 0 aliphatic heterocycles. The summed E-state index contributed by atoms with van der Waals surface area (Å²) in [5.41, 5.74) is 1.81. The van der Waals surface area contributed by atoms with Crippen LogP contribution in [0.15, 0.2) is 36.7 Å². The van der Waals surface area contributed by atoms with E-state index in [1.165, 1.54) is 11.3 Å². The molecule has 0 aromatic carbocycles. The summed E-state index contributed by atoms with van der Waals surface area (Å²) >= 11 is 1.48. The molecule has 0 radical (unpaired) electrons. The zero-order valence-corrected chi connectivity index (χ0v) is 12.4. The van der Waals surface area contributed by atoms with Crippen LogP contribution in [0.25, 0.3) is 10.6 Å². The molecule has 0 bridgehead atoms. The number of nitrogens with one attached hydrogen (secondary N) is 1. The number of hydrogen-bond acceptors (Lipinski definition) is 4. The SMILES string of the molecule is C/C=C/CCC(=O)Nc1sc(-c2cccnc2)nc1C. The number of amides is 1. The zero-order chi connectivity index (χ0) is 14.4. The first-order valence-electron chi connectivity index (χ1n) is 6.49. The molecule has 5 heteroatoms. The largest absolute Gasteiger partial charge is 0.316 e. The number of nitrogens with zero attached hydrogens (tertiary/aromatic N) is 2. The number of aromatic nitrogens is 2. The van der Waals surface area contributed by atoms with Gasteiger partial charge in [0.25, 0.3) is 0 Å². The second kappa shape index (κ2) is 6.96. The first-order chi connectivity index (χ1) is 9.70. The van der Waals surface area contributed by atoms with Crippen LogP contribution in [0.2, 0.25) is 0 Å². The fraction of sp³-hybridized carbons (Fsp3) is 0.267. The summed E-state index contributed by atoms with van der Waals surface area (Å²) in [5, 5.41) is 4.61. The van der Waals surface area contributed by atoms with Gasteiger partial charge >= 0.3 is 0 Å². The van der Waals surface area contributed by atoms with Crippen LogP contribution in [-0.2, 0) is 4.79 Å². The van der Waals surface area contributed by atoms with Gasteiger partial charge in [-0.15, -0.1) is 0 Å². The van der Waals surface area contributed by atoms with Crippen molar-refractivity contribution in [3.63, 3.8) is 0 Å². The number of allylic oxidation sites excluding steroid dienone is 2. The molecular weight excluding hydrogens is 270 g/mol. The van der Waals surface area contributed by atoms with Crippen molar-refractivity contribution in [1.29, 1.82) is 0 Å². The van der Waals surface area contributed by atoms with Crippen LogP contribution in [0.4, 0.5) is 5.00 Å². The molecule has 2 aromatic heterocycles. The maximum absolute atomic E-state index is 11.8. The van der Waals surface area contributed by atoms with Gasteiger partial charge < -0.3 is 5.32 Å². The highest BCUT2D eigenvalue weighted by atomic mass is 32.1. The molecule has 20 heavy (non-hydrogen) atoms. The molecule has 0 saturated heterocycles. The highest BCUT2D eigenvalue weighted by molar-refractivity contribution is 7.19. The Balaban J connectivity index is 2.06. The Bertz CT molecular complexity index is 605. The van der Waals surface area contributed by atoms with E-state index in [9.17, 15) is 4.79 Å². The highest BCUT2D eigenvalue weighted by Crippen LogP contribution is 2.31. The predicted molar refractivity (Wildman–Crippen MR) is 82.8 cm³/mol. The summed E-state index contributed by atoms with van der Waals surface area (Å²) in [4.78, 5) is 20.4. The van der Waals surface area contributed by atoms with Crippen molar-refractivity contribution in [1.82, 2.24) is 9.97 Å². The summed E-state index contributed by atoms with van der Waals surface area (Å²) in [5.74, 6) is 0.0209. The number of pyridine rings is 1. The number of carbonyl (C=O) groups is 1. The summed E-state index contributed by atoms with van der Waals surface area (Å²) < 4.78 is 0. The Morgan fingerprint density at radius 3 is 3.05 bits per heavy atom. The molecule has 4 nitrogen and oxygen atoms in total. The standard InChI is InChI=1S/C15H17N3OS/c1-3-4-5-8-13(19)18-14-11(2)17-15(20-14)12-7-6-9-16-10-12/h3-4,6-7,9-10H,5,8H2,1-2H3,(H,18,19)/b4-3+. The maximum atomic E-state index is 11.8. The Morgan fingerprint density at radius 2 is 2.35 bits per heavy atom. The van der Waals surface area contributed by atoms with Crippen LogP contribution < -0.4 is 5.32 Å². The molecule has 2 heterocycles. The number of rotatable bonds is 5. The molecule has 0 unspecified atom stereocenters. The number of aryl methyl sites for hydroxylation is 1. The van der Waals surface area contributed by atoms with Crippen molar-refractivity contribution in [2.24, 2.45) is 0 Å². The van der Waals surface area contributed by atoms with Crippen molar-refractivity contribution < 1.29 is 4.79 Å². The lowest BCUT2D eigenvalue weighted by Crippen LogP contribution is -2.10. The van der Waals surface area contributed by atoms with Crippen molar-refractivity contribution in [2.45, 2.75) is 26.7 Å². The first-order valence-corrected chi connectivity index (χ1v) is 7.31. The Kier molecular flexibility index (Phi) is 5.01. The van der Waals surface area contributed by atoms with Crippen molar-refractivity contribution >= 4 is 22.2 Å². The average Bonchev–Trinajstić information content (AvgIpc) is 2.81. The average molecular weight is 287 g/mol. The van der Waals surface area contributed by atoms with Crippen LogP contribution in [0.1, 0.15) is 25.5 Å². The number of thiazole rings is 1. The molecule has 0 saturated carbocycles. The molecule has 0 atom stereocenters. The van der Waals surface area contributed by atoms with Gasteiger partial charge in [0.05, 0.1) is 5.69 Å². The van der Waals surface area contributed by atoms with E-state index in [1.54, 1.807) is 12.4 Å². The van der Waals surface area contributed by atoms with E-state index in [2.05, 4.69) is 15.3 Å². The van der Waals surface area contributed by atoms with Crippen LogP contribution in [-0.4, -0.2) is 15.9 Å². The lowest BCUT2D eigenvalue weighted by atomic mass is 10.3. The summed E-state index contributed by atoms with van der Waals surface area (Å²) in [6.45, 7) is 3.85. The van der Waals surface area contributed by atoms with E-state index >= 15 is 0 Å². The van der Waals surface area contributed by atoms with Crippen LogP contribution in [0.5, 0.6) is 0 Å². The predicted octanol–water partition coefficient (Wildman–Crippen LogP) is 3.81. The Morgan fingerprint density at radius 1 is 1.50 bits per heavy atom. The quantitative estimate of drug-likeness (QED) is 0.851. The van der Waals surface area contributed by atoms with Crippen molar-refractivity contribution in [2.75, 3.05) is 5.32 Å². The van der Waals surface area contributed by atoms with E-state index < -0.39 is 0 Å². The molecule has 2 rings (SSSR count). The lowest BCUT2D eigenvalue weighted by molar-refractivity contribution is -0.116. The van der Waals surface area contributed by atoms with Gasteiger partial charge in [-0.2, -0.15) is 0 Å². The number of hydrogen-bond donors (Lipinski definition) is 1. The highest BCUT2D eigenvalue weighted by Gasteiger charge is 2.11. The normalized spacial score (nSPS) is 10.9. The maximum Gasteiger partial charge on any atom is 0.225 e. The van der Waals surface area contributed by atoms with Gasteiger partial charge in [0, 0.05) is 24.4 Å². The monoisotopic (exact) mass is 287 g/mol. The van der Waals surface area contributed by atoms with E-state index in [-0.39, 0.29) is 5.91 Å². The van der Waals surface area contributed by atoms with Gasteiger partial charge in [0.2, 0.25) is 5.91 Å². The van der Waals surface area contributed by atoms with Crippen molar-refractivity contribution in [3.05, 3.63) is 42.4 Å². The zero-order valence-electron chi connectivity index (χ0n) is 11.6. The molecule has 1 N–H and O–H groups in total. The lowest BCUT2D eigenvalue weighted by Gasteiger charge is -2.01. The van der Waals surface area contributed by atoms with E-state index in [0.717, 1.165) is 27.7 Å². The van der Waals surface area contributed by atoms with Crippen molar-refractivity contribution in [3.8, 4) is 10.6 Å². The smallest absolute Gasteiger partial charge is 0.225 e. The molecule has 0 spiro atoms. The first kappa shape index (κ1) is 14.4. The third kappa shape index (κ3) is 3.74. The van der Waals surface area contributed by atoms with Crippen LogP contribution in [0.3, 0.4) is 0 Å². The molecule has 0 fully saturated rings. The van der Waals surface area contributed by atoms with E-state index in [1.807, 2.05) is 38.1 Å². The van der Waals surface area contributed by atoms with Gasteiger partial charge in [-0.25, -0.2) is 4.98 Å². The minimum Gasteiger partial charge on any atom is -0.316 e. The summed E-state index contributed by atoms with van der Waals surface area (Å²) in [6.07, 6.45) is 8.69. The Hall–Kier alpha value is -2.01. The summed E-state index contributed by atoms with van der Waals surface area (Å²) in [7, 11) is 0. The molecule has 0 aliphatic carbocycles. The molecule has 104 valence electrons. The molecular formula is C15H17N3OS. The van der Waals surface area contributed by atoms with Gasteiger partial charge in [0.15, 0.2) is 0 Å². The summed E-state index contributed by atoms with van der Waals surface area (Å²) in [6, 6.07) is 3.84. The van der Waals surface area contributed by atoms with E-state index in [4.69, 9.17) is 0 Å². The van der Waals surface area contributed by atoms with Gasteiger partial charge in [0.1, 0.15) is 10.0 Å². The molecule has 2 aromatic rings. The van der Waals surface area contributed by atoms with E-state index in [0.29, 0.717) is 6.42 Å². The second-order valence-electron chi connectivity index (χ2n) is 4.33. The number of carbonyl (C=O) groups excluding carboxylic acids is 1. The minimum absolute atomic E-state index is 0.0209. The van der Waals surface area contributed by atoms with Gasteiger partial charge in [-0.1, -0.05) is 23.5 Å². The van der Waals surface area contributed by atoms with Crippen LogP contribution in [0, 0.1) is 6.92 Å². The minimum atomic E-state index is 0.0209. The topological polar surface area (TPSA) is 54.9 Å². The van der Waals surface area contributed by atoms with Gasteiger partial charge in [-0.3, -0.25) is 9.78 Å². The molecule has 1 amide bonds.